The zero-order valence-corrected chi connectivity index (χ0v) is 29.6. The summed E-state index contributed by atoms with van der Waals surface area (Å²) in [6, 6.07) is 30.3. The molecule has 0 aromatic heterocycles. The van der Waals surface area contributed by atoms with E-state index in [1.807, 2.05) is 55.5 Å². The van der Waals surface area contributed by atoms with E-state index in [2.05, 4.69) is 26.8 Å². The number of hydrogen-bond donors (Lipinski definition) is 3. The lowest BCUT2D eigenvalue weighted by Crippen LogP contribution is -2.53. The highest BCUT2D eigenvalue weighted by atomic mass is 79.9. The molecule has 0 fully saturated rings. The number of amides is 1. The van der Waals surface area contributed by atoms with Crippen molar-refractivity contribution >= 4 is 37.6 Å². The van der Waals surface area contributed by atoms with Gasteiger partial charge in [0.25, 0.3) is 5.91 Å². The molecule has 0 aliphatic carbocycles. The number of nitrogens with one attached hydrogen (secondary N) is 2. The fraction of sp³-hybridized carbons (Fsp3) is 0.297. The van der Waals surface area contributed by atoms with Gasteiger partial charge in [0.05, 0.1) is 23.9 Å². The van der Waals surface area contributed by atoms with Crippen LogP contribution in [0.15, 0.2) is 117 Å². The molecule has 5 rings (SSSR count). The molecule has 0 saturated carbocycles. The second kappa shape index (κ2) is 16.9. The molecule has 0 spiro atoms. The number of carbonyl (C=O) groups excluding carboxylic acids is 1. The number of nitrogens with zero attached hydrogens (tertiary/aromatic N) is 1. The summed E-state index contributed by atoms with van der Waals surface area (Å²) in [6.07, 6.45) is -0.0252. The molecule has 2 atom stereocenters. The molecular weight excluding hydrogens is 710 g/mol. The quantitative estimate of drug-likeness (QED) is 0.0940. The van der Waals surface area contributed by atoms with Gasteiger partial charge in [0.15, 0.2) is 21.5 Å². The van der Waals surface area contributed by atoms with E-state index in [9.17, 15) is 13.2 Å². The van der Waals surface area contributed by atoms with E-state index in [0.717, 1.165) is 15.8 Å². The summed E-state index contributed by atoms with van der Waals surface area (Å²) in [7, 11) is -3.78. The van der Waals surface area contributed by atoms with Gasteiger partial charge in [-0.3, -0.25) is 10.2 Å². The third kappa shape index (κ3) is 9.07. The van der Waals surface area contributed by atoms with Gasteiger partial charge < -0.3 is 19.3 Å². The number of halogens is 1. The second-order valence-electron chi connectivity index (χ2n) is 11.4. The minimum Gasteiger partial charge on any atom is -0.494 e. The normalized spacial score (nSPS) is 17.2. The summed E-state index contributed by atoms with van der Waals surface area (Å²) in [5.74, 6) is 0.706. The van der Waals surface area contributed by atoms with Gasteiger partial charge in [-0.1, -0.05) is 64.5 Å². The molecule has 3 N–H and O–H groups in total. The van der Waals surface area contributed by atoms with Gasteiger partial charge in [-0.2, -0.15) is 0 Å². The smallest absolute Gasteiger partial charge is 0.266 e. The lowest BCUT2D eigenvalue weighted by atomic mass is 9.85. The van der Waals surface area contributed by atoms with Crippen molar-refractivity contribution in [2.24, 2.45) is 4.99 Å². The Hall–Kier alpha value is -4.23. The number of aliphatic hydroxyl groups excluding tert-OH is 1. The number of aliphatic hydroxyl groups is 1. The first-order chi connectivity index (χ1) is 23.8. The maximum Gasteiger partial charge on any atom is 0.266 e. The van der Waals surface area contributed by atoms with Crippen LogP contribution >= 0.6 is 15.9 Å². The lowest BCUT2D eigenvalue weighted by Gasteiger charge is -2.30. The van der Waals surface area contributed by atoms with E-state index in [0.29, 0.717) is 49.5 Å². The van der Waals surface area contributed by atoms with Gasteiger partial charge in [0.2, 0.25) is 5.90 Å². The Morgan fingerprint density at radius 1 is 0.959 bits per heavy atom. The summed E-state index contributed by atoms with van der Waals surface area (Å²) in [5, 5.41) is 9.07. The molecule has 1 heterocycles. The van der Waals surface area contributed by atoms with Gasteiger partial charge in [0.1, 0.15) is 11.5 Å². The van der Waals surface area contributed by atoms with Crippen LogP contribution in [0.3, 0.4) is 0 Å². The van der Waals surface area contributed by atoms with Gasteiger partial charge in [0, 0.05) is 36.0 Å². The first kappa shape index (κ1) is 36.1. The Morgan fingerprint density at radius 3 is 2.39 bits per heavy atom. The topological polar surface area (TPSA) is 136 Å². The third-order valence-electron chi connectivity index (χ3n) is 8.05. The van der Waals surface area contributed by atoms with Crippen LogP contribution in [0.1, 0.15) is 42.6 Å². The number of benzene rings is 4. The summed E-state index contributed by atoms with van der Waals surface area (Å²) >= 11 is 3.48. The van der Waals surface area contributed by atoms with Crippen LogP contribution in [0, 0.1) is 0 Å². The Morgan fingerprint density at radius 2 is 1.67 bits per heavy atom. The summed E-state index contributed by atoms with van der Waals surface area (Å²) in [6.45, 7) is 3.23. The zero-order chi connectivity index (χ0) is 34.7. The first-order valence-electron chi connectivity index (χ1n) is 16.1. The van der Waals surface area contributed by atoms with E-state index in [1.165, 1.54) is 0 Å². The predicted octanol–water partition coefficient (Wildman–Crippen LogP) is 5.59. The molecule has 0 bridgehead atoms. The van der Waals surface area contributed by atoms with Crippen molar-refractivity contribution in [2.45, 2.75) is 42.7 Å². The maximum atomic E-state index is 14.4. The van der Waals surface area contributed by atoms with Crippen LogP contribution in [-0.2, 0) is 25.8 Å². The van der Waals surface area contributed by atoms with Crippen molar-refractivity contribution in [3.05, 3.63) is 124 Å². The molecular formula is C37H40BrN3O7S. The number of hydrogen-bond acceptors (Lipinski definition) is 9. The van der Waals surface area contributed by atoms with Crippen LogP contribution in [-0.4, -0.2) is 63.0 Å². The highest BCUT2D eigenvalue weighted by Gasteiger charge is 2.53. The van der Waals surface area contributed by atoms with Crippen molar-refractivity contribution < 1.29 is 32.5 Å². The van der Waals surface area contributed by atoms with E-state index in [-0.39, 0.29) is 29.6 Å². The highest BCUT2D eigenvalue weighted by Crippen LogP contribution is 2.43. The Bertz CT molecular complexity index is 1820. The molecule has 0 saturated heterocycles. The number of para-hydroxylation sites is 1. The van der Waals surface area contributed by atoms with Gasteiger partial charge in [-0.15, -0.1) is 0 Å². The summed E-state index contributed by atoms with van der Waals surface area (Å²) in [5.41, 5.74) is 6.43. The van der Waals surface area contributed by atoms with E-state index in [1.54, 1.807) is 54.6 Å². The second-order valence-corrected chi connectivity index (χ2v) is 14.4. The molecule has 10 nitrogen and oxygen atoms in total. The van der Waals surface area contributed by atoms with Crippen molar-refractivity contribution in [1.29, 1.82) is 0 Å². The average molecular weight is 751 g/mol. The highest BCUT2D eigenvalue weighted by molar-refractivity contribution is 9.10. The molecule has 4 aromatic rings. The number of rotatable bonds is 17. The SMILES string of the molecule is CCOc1ccccc1CCNNC(=O)[C@@]1(CCS(=O)(=O)c2ccccc2)N=C(c2ccc(OCCCO)cc2)O[C@H]1c1ccc(Br)cc1. The fourth-order valence-corrected chi connectivity index (χ4v) is 7.15. The minimum absolute atomic E-state index is 0.0275. The Labute approximate surface area is 295 Å². The van der Waals surface area contributed by atoms with Crippen molar-refractivity contribution in [3.8, 4) is 11.5 Å². The number of aliphatic imine (C=N–C) groups is 1. The Kier molecular flexibility index (Phi) is 12.5. The fourth-order valence-electron chi connectivity index (χ4n) is 5.50. The third-order valence-corrected chi connectivity index (χ3v) is 10.3. The maximum absolute atomic E-state index is 14.4. The van der Waals surface area contributed by atoms with Crippen LogP contribution < -0.4 is 20.3 Å². The van der Waals surface area contributed by atoms with Crippen molar-refractivity contribution in [3.63, 3.8) is 0 Å². The molecule has 258 valence electrons. The van der Waals surface area contributed by atoms with Gasteiger partial charge >= 0.3 is 0 Å². The average Bonchev–Trinajstić information content (AvgIpc) is 3.52. The zero-order valence-electron chi connectivity index (χ0n) is 27.2. The van der Waals surface area contributed by atoms with Crippen LogP contribution in [0.2, 0.25) is 0 Å². The molecule has 1 aliphatic rings. The van der Waals surface area contributed by atoms with Gasteiger partial charge in [-0.05, 0) is 79.1 Å². The first-order valence-corrected chi connectivity index (χ1v) is 18.6. The van der Waals surface area contributed by atoms with Crippen molar-refractivity contribution in [2.75, 3.05) is 32.1 Å². The van der Waals surface area contributed by atoms with E-state index in [4.69, 9.17) is 24.3 Å². The predicted molar refractivity (Wildman–Crippen MR) is 191 cm³/mol. The summed E-state index contributed by atoms with van der Waals surface area (Å²) in [4.78, 5) is 19.5. The Balaban J connectivity index is 1.47. The molecule has 12 heteroatoms. The van der Waals surface area contributed by atoms with Crippen LogP contribution in [0.5, 0.6) is 11.5 Å². The number of carbonyl (C=O) groups is 1. The van der Waals surface area contributed by atoms with Gasteiger partial charge in [-0.25, -0.2) is 18.8 Å². The van der Waals surface area contributed by atoms with Crippen LogP contribution in [0.25, 0.3) is 0 Å². The van der Waals surface area contributed by atoms with E-state index < -0.39 is 27.4 Å². The van der Waals surface area contributed by atoms with Crippen LogP contribution in [0.4, 0.5) is 0 Å². The molecule has 1 aliphatic heterocycles. The number of sulfone groups is 1. The summed E-state index contributed by atoms with van der Waals surface area (Å²) < 4.78 is 45.9. The standard InChI is InChI=1S/C37H40BrN3O7S/c1-2-46-33-12-7-6-9-27(33)21-23-39-41-36(43)37(22-26-49(44,45)32-10-4-3-5-11-32)34(28-13-17-30(38)18-14-28)48-35(40-37)29-15-19-31(20-16-29)47-25-8-24-42/h3-7,9-20,34,39,42H,2,8,21-26H2,1H3,(H,41,43)/t34-,37-/m0/s1. The number of hydrazine groups is 1. The minimum atomic E-state index is -3.78. The van der Waals surface area contributed by atoms with E-state index >= 15 is 0 Å². The molecule has 0 unspecified atom stereocenters. The molecule has 4 aromatic carbocycles. The largest absolute Gasteiger partial charge is 0.494 e. The van der Waals surface area contributed by atoms with Crippen molar-refractivity contribution in [1.82, 2.24) is 10.9 Å². The molecule has 1 amide bonds. The molecule has 49 heavy (non-hydrogen) atoms. The lowest BCUT2D eigenvalue weighted by molar-refractivity contribution is -0.130. The monoisotopic (exact) mass is 749 g/mol. The number of ether oxygens (including phenoxy) is 3. The molecule has 0 radical (unpaired) electrons.